The first-order chi connectivity index (χ1) is 8.29. The maximum Gasteiger partial charge on any atom is 0.0222 e. The minimum Gasteiger partial charge on any atom is -0.326 e. The van der Waals surface area contributed by atoms with Crippen LogP contribution in [0.3, 0.4) is 0 Å². The summed E-state index contributed by atoms with van der Waals surface area (Å²) in [6, 6.07) is 9.74. The topological polar surface area (TPSA) is 38.0 Å². The van der Waals surface area contributed by atoms with E-state index in [0.717, 1.165) is 13.0 Å². The third-order valence-corrected chi connectivity index (χ3v) is 3.82. The highest BCUT2D eigenvalue weighted by Gasteiger charge is 2.20. The fourth-order valence-corrected chi connectivity index (χ4v) is 2.55. The molecule has 17 heavy (non-hydrogen) atoms. The second-order valence-corrected chi connectivity index (χ2v) is 5.11. The Labute approximate surface area is 105 Å². The Kier molecular flexibility index (Phi) is 4.57. The molecule has 0 saturated heterocycles. The van der Waals surface area contributed by atoms with Crippen LogP contribution >= 0.6 is 0 Å². The predicted octanol–water partition coefficient (Wildman–Crippen LogP) is 2.61. The highest BCUT2D eigenvalue weighted by molar-refractivity contribution is 5.22. The van der Waals surface area contributed by atoms with E-state index in [1.807, 2.05) is 0 Å². The van der Waals surface area contributed by atoms with Crippen LogP contribution in [-0.4, -0.2) is 12.1 Å². The van der Waals surface area contributed by atoms with Crippen molar-refractivity contribution in [1.29, 1.82) is 0 Å². The van der Waals surface area contributed by atoms with E-state index in [2.05, 4.69) is 36.5 Å². The van der Waals surface area contributed by atoms with Gasteiger partial charge in [-0.3, -0.25) is 0 Å². The third-order valence-electron chi connectivity index (χ3n) is 3.82. The van der Waals surface area contributed by atoms with Crippen LogP contribution in [0.5, 0.6) is 0 Å². The van der Waals surface area contributed by atoms with Crippen molar-refractivity contribution in [3.63, 3.8) is 0 Å². The molecule has 0 bridgehead atoms. The van der Waals surface area contributed by atoms with Gasteiger partial charge in [0.05, 0.1) is 0 Å². The van der Waals surface area contributed by atoms with Crippen LogP contribution in [0.25, 0.3) is 0 Å². The molecule has 1 aliphatic rings. The van der Waals surface area contributed by atoms with Gasteiger partial charge in [-0.2, -0.15) is 0 Å². The zero-order valence-corrected chi connectivity index (χ0v) is 10.8. The van der Waals surface area contributed by atoms with E-state index in [1.54, 1.807) is 0 Å². The Hall–Kier alpha value is -0.860. The Morgan fingerprint density at radius 3 is 2.41 bits per heavy atom. The number of nitrogens with two attached hydrogens (primary N) is 1. The lowest BCUT2D eigenvalue weighted by Gasteiger charge is -2.29. The van der Waals surface area contributed by atoms with E-state index >= 15 is 0 Å². The van der Waals surface area contributed by atoms with Crippen LogP contribution in [0.2, 0.25) is 0 Å². The quantitative estimate of drug-likeness (QED) is 0.837. The highest BCUT2D eigenvalue weighted by atomic mass is 15.0. The zero-order valence-electron chi connectivity index (χ0n) is 10.8. The molecule has 94 valence electrons. The van der Waals surface area contributed by atoms with Gasteiger partial charge in [0.15, 0.2) is 0 Å². The van der Waals surface area contributed by atoms with E-state index in [9.17, 15) is 0 Å². The smallest absolute Gasteiger partial charge is 0.0222 e. The summed E-state index contributed by atoms with van der Waals surface area (Å²) in [6.45, 7) is 3.14. The molecule has 2 nitrogen and oxygen atoms in total. The molecule has 1 aromatic rings. The number of hydrogen-bond donors (Lipinski definition) is 2. The Balaban J connectivity index is 1.84. The molecule has 1 fully saturated rings. The van der Waals surface area contributed by atoms with Gasteiger partial charge in [-0.05, 0) is 30.4 Å². The molecule has 2 rings (SSSR count). The summed E-state index contributed by atoms with van der Waals surface area (Å²) < 4.78 is 0. The molecule has 0 aliphatic heterocycles. The monoisotopic (exact) mass is 232 g/mol. The van der Waals surface area contributed by atoms with E-state index in [0.29, 0.717) is 12.1 Å². The number of benzene rings is 1. The largest absolute Gasteiger partial charge is 0.326 e. The number of hydrogen-bond acceptors (Lipinski definition) is 2. The number of rotatable bonds is 4. The third kappa shape index (κ3) is 3.55. The molecule has 1 aliphatic carbocycles. The van der Waals surface area contributed by atoms with Crippen molar-refractivity contribution in [3.05, 3.63) is 35.4 Å². The zero-order chi connectivity index (χ0) is 12.1. The molecule has 0 radical (unpaired) electrons. The number of aryl methyl sites for hydroxylation is 1. The Morgan fingerprint density at radius 2 is 1.76 bits per heavy atom. The molecule has 2 unspecified atom stereocenters. The molecule has 1 saturated carbocycles. The molecule has 0 spiro atoms. The van der Waals surface area contributed by atoms with Crippen molar-refractivity contribution in [2.45, 2.75) is 57.7 Å². The summed E-state index contributed by atoms with van der Waals surface area (Å²) >= 11 is 0. The molecular weight excluding hydrogens is 208 g/mol. The van der Waals surface area contributed by atoms with Crippen molar-refractivity contribution < 1.29 is 0 Å². The molecule has 1 aromatic carbocycles. The maximum absolute atomic E-state index is 6.13. The predicted molar refractivity (Wildman–Crippen MR) is 72.9 cm³/mol. The van der Waals surface area contributed by atoms with Crippen LogP contribution < -0.4 is 11.1 Å². The van der Waals surface area contributed by atoms with Gasteiger partial charge >= 0.3 is 0 Å². The Bertz CT molecular complexity index is 331. The minimum atomic E-state index is 0.346. The summed E-state index contributed by atoms with van der Waals surface area (Å²) in [6.07, 6.45) is 6.13. The lowest BCUT2D eigenvalue weighted by Crippen LogP contribution is -2.46. The first-order valence-electron chi connectivity index (χ1n) is 6.86. The van der Waals surface area contributed by atoms with Gasteiger partial charge in [-0.15, -0.1) is 0 Å². The van der Waals surface area contributed by atoms with E-state index in [1.165, 1.54) is 36.8 Å². The summed E-state index contributed by atoms with van der Waals surface area (Å²) in [7, 11) is 0. The fourth-order valence-electron chi connectivity index (χ4n) is 2.55. The lowest BCUT2D eigenvalue weighted by atomic mass is 9.91. The van der Waals surface area contributed by atoms with Crippen LogP contribution in [0.4, 0.5) is 0 Å². The second-order valence-electron chi connectivity index (χ2n) is 5.11. The molecule has 0 aromatic heterocycles. The summed E-state index contributed by atoms with van der Waals surface area (Å²) in [5.74, 6) is 0. The summed E-state index contributed by atoms with van der Waals surface area (Å²) in [5, 5.41) is 3.60. The van der Waals surface area contributed by atoms with Crippen molar-refractivity contribution in [3.8, 4) is 0 Å². The summed E-state index contributed by atoms with van der Waals surface area (Å²) in [5.41, 5.74) is 8.89. The molecule has 0 heterocycles. The fraction of sp³-hybridized carbons (Fsp3) is 0.600. The van der Waals surface area contributed by atoms with Gasteiger partial charge in [0.2, 0.25) is 0 Å². The standard InChI is InChI=1S/C15H24N2/c1-2-12-7-9-13(10-8-12)11-17-15-6-4-3-5-14(15)16/h7-10,14-15,17H,2-6,11,16H2,1H3. The van der Waals surface area contributed by atoms with Crippen LogP contribution in [0.1, 0.15) is 43.7 Å². The molecule has 2 heteroatoms. The lowest BCUT2D eigenvalue weighted by molar-refractivity contribution is 0.326. The van der Waals surface area contributed by atoms with E-state index < -0.39 is 0 Å². The van der Waals surface area contributed by atoms with Gasteiger partial charge < -0.3 is 11.1 Å². The first-order valence-corrected chi connectivity index (χ1v) is 6.86. The van der Waals surface area contributed by atoms with Gasteiger partial charge in [-0.25, -0.2) is 0 Å². The van der Waals surface area contributed by atoms with Crippen molar-refractivity contribution in [2.75, 3.05) is 0 Å². The van der Waals surface area contributed by atoms with E-state index in [4.69, 9.17) is 5.73 Å². The van der Waals surface area contributed by atoms with Crippen molar-refractivity contribution in [1.82, 2.24) is 5.32 Å². The molecule has 3 N–H and O–H groups in total. The minimum absolute atomic E-state index is 0.346. The van der Waals surface area contributed by atoms with Crippen molar-refractivity contribution >= 4 is 0 Å². The van der Waals surface area contributed by atoms with Gasteiger partial charge in [0, 0.05) is 18.6 Å². The molecule has 0 amide bonds. The van der Waals surface area contributed by atoms with Crippen molar-refractivity contribution in [2.24, 2.45) is 5.73 Å². The number of nitrogens with one attached hydrogen (secondary N) is 1. The van der Waals surface area contributed by atoms with Gasteiger partial charge in [-0.1, -0.05) is 44.0 Å². The summed E-state index contributed by atoms with van der Waals surface area (Å²) in [4.78, 5) is 0. The second kappa shape index (κ2) is 6.18. The normalized spacial score (nSPS) is 24.8. The Morgan fingerprint density at radius 1 is 1.12 bits per heavy atom. The van der Waals surface area contributed by atoms with Gasteiger partial charge in [0.25, 0.3) is 0 Å². The average Bonchev–Trinajstić information content (AvgIpc) is 2.38. The SMILES string of the molecule is CCc1ccc(CNC2CCCCC2N)cc1. The molecule has 2 atom stereocenters. The van der Waals surface area contributed by atoms with E-state index in [-0.39, 0.29) is 0 Å². The average molecular weight is 232 g/mol. The van der Waals surface area contributed by atoms with Crippen LogP contribution in [0, 0.1) is 0 Å². The van der Waals surface area contributed by atoms with Crippen LogP contribution in [-0.2, 0) is 13.0 Å². The highest BCUT2D eigenvalue weighted by Crippen LogP contribution is 2.17. The first kappa shape index (κ1) is 12.6. The van der Waals surface area contributed by atoms with Crippen LogP contribution in [0.15, 0.2) is 24.3 Å². The van der Waals surface area contributed by atoms with Gasteiger partial charge in [0.1, 0.15) is 0 Å². The maximum atomic E-state index is 6.13. The molecular formula is C15H24N2.